The zero-order valence-corrected chi connectivity index (χ0v) is 9.80. The Morgan fingerprint density at radius 3 is 3.00 bits per heavy atom. The Kier molecular flexibility index (Phi) is 4.71. The summed E-state index contributed by atoms with van der Waals surface area (Å²) in [6.45, 7) is 4.92. The van der Waals surface area contributed by atoms with Crippen molar-refractivity contribution >= 4 is 17.3 Å². The summed E-state index contributed by atoms with van der Waals surface area (Å²) < 4.78 is 0. The second-order valence-corrected chi connectivity index (χ2v) is 4.60. The van der Waals surface area contributed by atoms with E-state index < -0.39 is 5.97 Å². The van der Waals surface area contributed by atoms with E-state index in [9.17, 15) is 4.79 Å². The van der Waals surface area contributed by atoms with Gasteiger partial charge in [-0.3, -0.25) is 4.79 Å². The fourth-order valence-electron chi connectivity index (χ4n) is 1.07. The van der Waals surface area contributed by atoms with E-state index in [2.05, 4.69) is 24.1 Å². The number of aliphatic carboxylic acids is 1. The summed E-state index contributed by atoms with van der Waals surface area (Å²) in [5.74, 6) is -0.773. The van der Waals surface area contributed by atoms with Crippen molar-refractivity contribution in [2.45, 2.75) is 39.3 Å². The van der Waals surface area contributed by atoms with E-state index in [1.165, 1.54) is 0 Å². The fraction of sp³-hybridized carbons (Fsp3) is 0.600. The summed E-state index contributed by atoms with van der Waals surface area (Å²) in [5.41, 5.74) is 0.878. The number of carboxylic acid groups (broad SMARTS) is 1. The summed E-state index contributed by atoms with van der Waals surface area (Å²) in [6, 6.07) is 0.441. The highest BCUT2D eigenvalue weighted by Gasteiger charge is 2.04. The largest absolute Gasteiger partial charge is 0.481 e. The van der Waals surface area contributed by atoms with Crippen molar-refractivity contribution in [3.63, 3.8) is 0 Å². The van der Waals surface area contributed by atoms with Crippen LogP contribution in [0.3, 0.4) is 0 Å². The van der Waals surface area contributed by atoms with Gasteiger partial charge in [0.1, 0.15) is 5.01 Å². The van der Waals surface area contributed by atoms with Gasteiger partial charge in [0.15, 0.2) is 0 Å². The van der Waals surface area contributed by atoms with E-state index in [1.807, 2.05) is 5.38 Å². The lowest BCUT2D eigenvalue weighted by molar-refractivity contribution is -0.136. The van der Waals surface area contributed by atoms with Crippen LogP contribution >= 0.6 is 11.3 Å². The van der Waals surface area contributed by atoms with Gasteiger partial charge in [-0.2, -0.15) is 0 Å². The minimum absolute atomic E-state index is 0.154. The van der Waals surface area contributed by atoms with Gasteiger partial charge in [0.2, 0.25) is 0 Å². The molecule has 15 heavy (non-hydrogen) atoms. The first kappa shape index (κ1) is 12.1. The zero-order valence-electron chi connectivity index (χ0n) is 8.99. The molecule has 0 atom stereocenters. The Morgan fingerprint density at radius 2 is 2.40 bits per heavy atom. The number of hydrogen-bond donors (Lipinski definition) is 2. The molecule has 0 aliphatic carbocycles. The molecule has 0 bridgehead atoms. The molecule has 0 amide bonds. The summed E-state index contributed by atoms with van der Waals surface area (Å²) in [5, 5.41) is 14.7. The second-order valence-electron chi connectivity index (χ2n) is 3.66. The molecule has 1 aromatic heterocycles. The SMILES string of the molecule is CC(C)NCc1nc(CCC(=O)O)cs1. The lowest BCUT2D eigenvalue weighted by atomic mass is 10.2. The fourth-order valence-corrected chi connectivity index (χ4v) is 1.85. The summed E-state index contributed by atoms with van der Waals surface area (Å²) >= 11 is 1.58. The predicted octanol–water partition coefficient (Wildman–Crippen LogP) is 1.66. The van der Waals surface area contributed by atoms with Crippen molar-refractivity contribution in [1.82, 2.24) is 10.3 Å². The Labute approximate surface area is 93.4 Å². The number of rotatable bonds is 6. The van der Waals surface area contributed by atoms with Crippen LogP contribution in [0.5, 0.6) is 0 Å². The number of aromatic nitrogens is 1. The highest BCUT2D eigenvalue weighted by atomic mass is 32.1. The molecule has 1 aromatic rings. The van der Waals surface area contributed by atoms with Gasteiger partial charge in [0.25, 0.3) is 0 Å². The van der Waals surface area contributed by atoms with Crippen LogP contribution in [0, 0.1) is 0 Å². The smallest absolute Gasteiger partial charge is 0.303 e. The van der Waals surface area contributed by atoms with E-state index in [0.717, 1.165) is 17.2 Å². The van der Waals surface area contributed by atoms with E-state index in [1.54, 1.807) is 11.3 Å². The molecule has 1 heterocycles. The molecule has 0 saturated carbocycles. The lowest BCUT2D eigenvalue weighted by Gasteiger charge is -2.04. The number of nitrogens with one attached hydrogen (secondary N) is 1. The number of aryl methyl sites for hydroxylation is 1. The monoisotopic (exact) mass is 228 g/mol. The Bertz CT molecular complexity index is 323. The van der Waals surface area contributed by atoms with Crippen LogP contribution < -0.4 is 5.32 Å². The normalized spacial score (nSPS) is 10.9. The van der Waals surface area contributed by atoms with Crippen molar-refractivity contribution in [2.24, 2.45) is 0 Å². The average molecular weight is 228 g/mol. The molecule has 1 rings (SSSR count). The first-order valence-electron chi connectivity index (χ1n) is 4.96. The molecule has 0 aromatic carbocycles. The van der Waals surface area contributed by atoms with Gasteiger partial charge in [-0.25, -0.2) is 4.98 Å². The molecule has 0 radical (unpaired) electrons. The van der Waals surface area contributed by atoms with Crippen LogP contribution in [0.15, 0.2) is 5.38 Å². The first-order chi connectivity index (χ1) is 7.08. The van der Waals surface area contributed by atoms with Gasteiger partial charge in [-0.15, -0.1) is 11.3 Å². The molecule has 5 heteroatoms. The molecule has 0 aliphatic heterocycles. The maximum Gasteiger partial charge on any atom is 0.303 e. The third kappa shape index (κ3) is 4.90. The van der Waals surface area contributed by atoms with E-state index >= 15 is 0 Å². The van der Waals surface area contributed by atoms with Crippen LogP contribution in [-0.2, 0) is 17.8 Å². The van der Waals surface area contributed by atoms with Crippen molar-refractivity contribution in [1.29, 1.82) is 0 Å². The maximum atomic E-state index is 10.4. The molecule has 0 fully saturated rings. The van der Waals surface area contributed by atoms with Gasteiger partial charge in [-0.05, 0) is 0 Å². The third-order valence-corrected chi connectivity index (χ3v) is 2.75. The first-order valence-corrected chi connectivity index (χ1v) is 5.84. The summed E-state index contributed by atoms with van der Waals surface area (Å²) in [7, 11) is 0. The van der Waals surface area contributed by atoms with Gasteiger partial charge >= 0.3 is 5.97 Å². The van der Waals surface area contributed by atoms with E-state index in [0.29, 0.717) is 12.5 Å². The second kappa shape index (κ2) is 5.82. The van der Waals surface area contributed by atoms with Crippen molar-refractivity contribution in [3.05, 3.63) is 16.1 Å². The van der Waals surface area contributed by atoms with Crippen LogP contribution in [0.25, 0.3) is 0 Å². The summed E-state index contributed by atoms with van der Waals surface area (Å²) in [6.07, 6.45) is 0.675. The standard InChI is InChI=1S/C10H16N2O2S/c1-7(2)11-5-9-12-8(6-15-9)3-4-10(13)14/h6-7,11H,3-5H2,1-2H3,(H,13,14). The molecule has 0 spiro atoms. The van der Waals surface area contributed by atoms with Crippen LogP contribution in [0.1, 0.15) is 31.0 Å². The Hall–Kier alpha value is -0.940. The van der Waals surface area contributed by atoms with Crippen molar-refractivity contribution in [3.8, 4) is 0 Å². The number of thiazole rings is 1. The molecular weight excluding hydrogens is 212 g/mol. The third-order valence-electron chi connectivity index (χ3n) is 1.86. The number of hydrogen-bond acceptors (Lipinski definition) is 4. The zero-order chi connectivity index (χ0) is 11.3. The van der Waals surface area contributed by atoms with Gasteiger partial charge in [0, 0.05) is 24.4 Å². The minimum atomic E-state index is -0.773. The highest BCUT2D eigenvalue weighted by Crippen LogP contribution is 2.11. The van der Waals surface area contributed by atoms with E-state index in [-0.39, 0.29) is 6.42 Å². The number of nitrogens with zero attached hydrogens (tertiary/aromatic N) is 1. The molecule has 84 valence electrons. The van der Waals surface area contributed by atoms with Crippen molar-refractivity contribution in [2.75, 3.05) is 0 Å². The highest BCUT2D eigenvalue weighted by molar-refractivity contribution is 7.09. The maximum absolute atomic E-state index is 10.4. The van der Waals surface area contributed by atoms with Gasteiger partial charge < -0.3 is 10.4 Å². The van der Waals surface area contributed by atoms with Gasteiger partial charge in [-0.1, -0.05) is 13.8 Å². The minimum Gasteiger partial charge on any atom is -0.481 e. The topological polar surface area (TPSA) is 62.2 Å². The molecule has 0 unspecified atom stereocenters. The van der Waals surface area contributed by atoms with E-state index in [4.69, 9.17) is 5.11 Å². The van der Waals surface area contributed by atoms with Crippen LogP contribution in [-0.4, -0.2) is 22.1 Å². The van der Waals surface area contributed by atoms with Crippen molar-refractivity contribution < 1.29 is 9.90 Å². The Morgan fingerprint density at radius 1 is 1.67 bits per heavy atom. The number of carboxylic acids is 1. The van der Waals surface area contributed by atoms with Crippen LogP contribution in [0.4, 0.5) is 0 Å². The molecule has 4 nitrogen and oxygen atoms in total. The molecule has 0 aliphatic rings. The summed E-state index contributed by atoms with van der Waals surface area (Å²) in [4.78, 5) is 14.7. The molecule has 2 N–H and O–H groups in total. The average Bonchev–Trinajstić information content (AvgIpc) is 2.59. The number of carbonyl (C=O) groups is 1. The lowest BCUT2D eigenvalue weighted by Crippen LogP contribution is -2.21. The molecule has 0 saturated heterocycles. The Balaban J connectivity index is 2.38. The quantitative estimate of drug-likeness (QED) is 0.777. The van der Waals surface area contributed by atoms with Gasteiger partial charge in [0.05, 0.1) is 12.1 Å². The van der Waals surface area contributed by atoms with Crippen LogP contribution in [0.2, 0.25) is 0 Å². The predicted molar refractivity (Wildman–Crippen MR) is 60.0 cm³/mol. The molecular formula is C10H16N2O2S.